The lowest BCUT2D eigenvalue weighted by atomic mass is 10.1. The third-order valence-corrected chi connectivity index (χ3v) is 4.88. The van der Waals surface area contributed by atoms with Crippen LogP contribution >= 0.6 is 0 Å². The Hall–Kier alpha value is -1.85. The summed E-state index contributed by atoms with van der Waals surface area (Å²) < 4.78 is 32.8. The molecule has 2 aromatic carbocycles. The Labute approximate surface area is 132 Å². The zero-order valence-electron chi connectivity index (χ0n) is 13.3. The molecular weight excluding hydrogens is 298 g/mol. The third-order valence-electron chi connectivity index (χ3n) is 3.50. The Bertz CT molecular complexity index is 759. The van der Waals surface area contributed by atoms with Gasteiger partial charge in [0.2, 0.25) is 10.0 Å². The van der Waals surface area contributed by atoms with Crippen LogP contribution < -0.4 is 9.46 Å². The van der Waals surface area contributed by atoms with Crippen LogP contribution in [0.4, 0.5) is 0 Å². The molecule has 0 heterocycles. The first-order valence-electron chi connectivity index (χ1n) is 7.04. The Kier molecular flexibility index (Phi) is 4.88. The van der Waals surface area contributed by atoms with E-state index in [0.29, 0.717) is 0 Å². The SMILES string of the molecule is COc1c(C)cc(S(=O)(=O)NCc2cccc(C)c2)cc1C. The number of benzene rings is 2. The molecular formula is C17H21NO3S. The van der Waals surface area contributed by atoms with Crippen molar-refractivity contribution in [1.29, 1.82) is 0 Å². The van der Waals surface area contributed by atoms with Crippen LogP contribution in [0.2, 0.25) is 0 Å². The van der Waals surface area contributed by atoms with Gasteiger partial charge < -0.3 is 4.74 Å². The largest absolute Gasteiger partial charge is 0.496 e. The summed E-state index contributed by atoms with van der Waals surface area (Å²) in [7, 11) is -1.96. The normalized spacial score (nSPS) is 11.5. The van der Waals surface area contributed by atoms with Crippen molar-refractivity contribution >= 4 is 10.0 Å². The van der Waals surface area contributed by atoms with Gasteiger partial charge in [0.05, 0.1) is 12.0 Å². The molecule has 0 amide bonds. The predicted molar refractivity (Wildman–Crippen MR) is 87.7 cm³/mol. The van der Waals surface area contributed by atoms with E-state index in [2.05, 4.69) is 4.72 Å². The predicted octanol–water partition coefficient (Wildman–Crippen LogP) is 3.10. The molecule has 0 unspecified atom stereocenters. The minimum atomic E-state index is -3.55. The summed E-state index contributed by atoms with van der Waals surface area (Å²) in [5.74, 6) is 0.720. The summed E-state index contributed by atoms with van der Waals surface area (Å²) in [6.45, 7) is 5.93. The van der Waals surface area contributed by atoms with Crippen LogP contribution in [0, 0.1) is 20.8 Å². The van der Waals surface area contributed by atoms with Crippen molar-refractivity contribution in [2.24, 2.45) is 0 Å². The van der Waals surface area contributed by atoms with Gasteiger partial charge in [0.1, 0.15) is 5.75 Å². The van der Waals surface area contributed by atoms with Crippen molar-refractivity contribution in [2.45, 2.75) is 32.2 Å². The van der Waals surface area contributed by atoms with Crippen molar-refractivity contribution in [1.82, 2.24) is 4.72 Å². The molecule has 0 saturated heterocycles. The van der Waals surface area contributed by atoms with Crippen LogP contribution in [-0.2, 0) is 16.6 Å². The lowest BCUT2D eigenvalue weighted by Crippen LogP contribution is -2.23. The van der Waals surface area contributed by atoms with Gasteiger partial charge in [-0.25, -0.2) is 13.1 Å². The van der Waals surface area contributed by atoms with Crippen LogP contribution in [0.5, 0.6) is 5.75 Å². The number of hydrogen-bond acceptors (Lipinski definition) is 3. The molecule has 0 fully saturated rings. The fourth-order valence-electron chi connectivity index (χ4n) is 2.47. The summed E-state index contributed by atoms with van der Waals surface area (Å²) >= 11 is 0. The zero-order chi connectivity index (χ0) is 16.3. The number of rotatable bonds is 5. The summed E-state index contributed by atoms with van der Waals surface area (Å²) in [5.41, 5.74) is 3.65. The Morgan fingerprint density at radius 3 is 2.23 bits per heavy atom. The molecule has 0 bridgehead atoms. The van der Waals surface area contributed by atoms with E-state index >= 15 is 0 Å². The number of ether oxygens (including phenoxy) is 1. The molecule has 0 aliphatic carbocycles. The maximum absolute atomic E-state index is 12.4. The first kappa shape index (κ1) is 16.5. The van der Waals surface area contributed by atoms with Crippen LogP contribution in [0.15, 0.2) is 41.3 Å². The van der Waals surface area contributed by atoms with Gasteiger partial charge in [-0.2, -0.15) is 0 Å². The van der Waals surface area contributed by atoms with Gasteiger partial charge in [0, 0.05) is 6.54 Å². The average molecular weight is 319 g/mol. The van der Waals surface area contributed by atoms with Crippen LogP contribution in [0.1, 0.15) is 22.3 Å². The van der Waals surface area contributed by atoms with Crippen molar-refractivity contribution < 1.29 is 13.2 Å². The monoisotopic (exact) mass is 319 g/mol. The molecule has 0 atom stereocenters. The highest BCUT2D eigenvalue weighted by Gasteiger charge is 2.17. The highest BCUT2D eigenvalue weighted by atomic mass is 32.2. The maximum Gasteiger partial charge on any atom is 0.240 e. The van der Waals surface area contributed by atoms with E-state index in [4.69, 9.17) is 4.74 Å². The fraction of sp³-hybridized carbons (Fsp3) is 0.294. The molecule has 0 radical (unpaired) electrons. The molecule has 0 aromatic heterocycles. The highest BCUT2D eigenvalue weighted by Crippen LogP contribution is 2.26. The Balaban J connectivity index is 2.24. The van der Waals surface area contributed by atoms with Crippen LogP contribution in [0.25, 0.3) is 0 Å². The topological polar surface area (TPSA) is 55.4 Å². The van der Waals surface area contributed by atoms with E-state index < -0.39 is 10.0 Å². The second-order valence-electron chi connectivity index (χ2n) is 5.40. The Morgan fingerprint density at radius 1 is 1.05 bits per heavy atom. The van der Waals surface area contributed by atoms with Crippen molar-refractivity contribution in [3.8, 4) is 5.75 Å². The van der Waals surface area contributed by atoms with Gasteiger partial charge in [-0.3, -0.25) is 0 Å². The molecule has 0 aliphatic rings. The summed E-state index contributed by atoms with van der Waals surface area (Å²) in [6.07, 6.45) is 0. The van der Waals surface area contributed by atoms with E-state index in [-0.39, 0.29) is 11.4 Å². The number of hydrogen-bond donors (Lipinski definition) is 1. The minimum absolute atomic E-state index is 0.260. The van der Waals surface area contributed by atoms with Gasteiger partial charge in [-0.05, 0) is 49.6 Å². The van der Waals surface area contributed by atoms with Gasteiger partial charge >= 0.3 is 0 Å². The lowest BCUT2D eigenvalue weighted by Gasteiger charge is -2.12. The molecule has 1 N–H and O–H groups in total. The maximum atomic E-state index is 12.4. The molecule has 2 aromatic rings. The van der Waals surface area contributed by atoms with Gasteiger partial charge in [0.25, 0.3) is 0 Å². The van der Waals surface area contributed by atoms with E-state index in [1.165, 1.54) is 0 Å². The molecule has 4 nitrogen and oxygen atoms in total. The number of nitrogens with one attached hydrogen (secondary N) is 1. The molecule has 5 heteroatoms. The quantitative estimate of drug-likeness (QED) is 0.921. The first-order chi connectivity index (χ1) is 10.3. The van der Waals surface area contributed by atoms with E-state index in [9.17, 15) is 8.42 Å². The minimum Gasteiger partial charge on any atom is -0.496 e. The second-order valence-corrected chi connectivity index (χ2v) is 7.17. The fourth-order valence-corrected chi connectivity index (χ4v) is 3.66. The van der Waals surface area contributed by atoms with E-state index in [1.54, 1.807) is 19.2 Å². The average Bonchev–Trinajstić information content (AvgIpc) is 2.45. The van der Waals surface area contributed by atoms with E-state index in [1.807, 2.05) is 45.0 Å². The summed E-state index contributed by atoms with van der Waals surface area (Å²) in [5, 5.41) is 0. The number of methoxy groups -OCH3 is 1. The first-order valence-corrected chi connectivity index (χ1v) is 8.52. The summed E-state index contributed by atoms with van der Waals surface area (Å²) in [6, 6.07) is 11.0. The van der Waals surface area contributed by atoms with Crippen LogP contribution in [0.3, 0.4) is 0 Å². The lowest BCUT2D eigenvalue weighted by molar-refractivity contribution is 0.408. The van der Waals surface area contributed by atoms with E-state index in [0.717, 1.165) is 28.0 Å². The molecule has 0 spiro atoms. The van der Waals surface area contributed by atoms with Gasteiger partial charge in [-0.15, -0.1) is 0 Å². The van der Waals surface area contributed by atoms with Crippen molar-refractivity contribution in [3.63, 3.8) is 0 Å². The van der Waals surface area contributed by atoms with Gasteiger partial charge in [0.15, 0.2) is 0 Å². The molecule has 2 rings (SSSR count). The molecule has 22 heavy (non-hydrogen) atoms. The zero-order valence-corrected chi connectivity index (χ0v) is 14.1. The van der Waals surface area contributed by atoms with Crippen molar-refractivity contribution in [2.75, 3.05) is 7.11 Å². The summed E-state index contributed by atoms with van der Waals surface area (Å²) in [4.78, 5) is 0.260. The third kappa shape index (κ3) is 3.67. The number of sulfonamides is 1. The second kappa shape index (κ2) is 6.50. The molecule has 0 saturated carbocycles. The highest BCUT2D eigenvalue weighted by molar-refractivity contribution is 7.89. The Morgan fingerprint density at radius 2 is 1.68 bits per heavy atom. The van der Waals surface area contributed by atoms with Crippen molar-refractivity contribution in [3.05, 3.63) is 58.7 Å². The number of aryl methyl sites for hydroxylation is 3. The van der Waals surface area contributed by atoms with Crippen LogP contribution in [-0.4, -0.2) is 15.5 Å². The molecule has 118 valence electrons. The standard InChI is InChI=1S/C17H21NO3S/c1-12-6-5-7-15(8-12)11-18-22(19,20)16-9-13(2)17(21-4)14(3)10-16/h5-10,18H,11H2,1-4H3. The van der Waals surface area contributed by atoms with Gasteiger partial charge in [-0.1, -0.05) is 29.8 Å². The molecule has 0 aliphatic heterocycles. The smallest absolute Gasteiger partial charge is 0.240 e.